The Morgan fingerprint density at radius 1 is 1.69 bits per heavy atom. The molecule has 88 valence electrons. The summed E-state index contributed by atoms with van der Waals surface area (Å²) in [5.74, 6) is 0.275. The fourth-order valence-corrected chi connectivity index (χ4v) is 3.22. The molecule has 5 heteroatoms. The number of carbonyl (C=O) groups is 1. The van der Waals surface area contributed by atoms with Crippen molar-refractivity contribution in [1.82, 2.24) is 5.32 Å². The van der Waals surface area contributed by atoms with Gasteiger partial charge in [0.2, 0.25) is 0 Å². The van der Waals surface area contributed by atoms with E-state index < -0.39 is 0 Å². The highest BCUT2D eigenvalue weighted by molar-refractivity contribution is 9.10. The first-order valence-electron chi connectivity index (χ1n) is 5.30. The molecule has 1 aromatic rings. The van der Waals surface area contributed by atoms with Crippen LogP contribution in [0.3, 0.4) is 0 Å². The highest BCUT2D eigenvalue weighted by atomic mass is 79.9. The first-order valence-corrected chi connectivity index (χ1v) is 6.97. The van der Waals surface area contributed by atoms with E-state index in [4.69, 9.17) is 4.74 Å². The topological polar surface area (TPSA) is 38.3 Å². The zero-order chi connectivity index (χ0) is 11.4. The van der Waals surface area contributed by atoms with Gasteiger partial charge in [-0.1, -0.05) is 0 Å². The van der Waals surface area contributed by atoms with E-state index >= 15 is 0 Å². The number of ether oxygens (including phenoxy) is 1. The molecule has 0 bridgehead atoms. The number of halogens is 1. The molecular formula is C11H14BrNO2S. The number of thiophene rings is 1. The maximum atomic E-state index is 11.8. The lowest BCUT2D eigenvalue weighted by molar-refractivity contribution is -0.119. The summed E-state index contributed by atoms with van der Waals surface area (Å²) >= 11 is 5.01. The van der Waals surface area contributed by atoms with E-state index in [0.717, 1.165) is 22.5 Å². The fourth-order valence-electron chi connectivity index (χ4n) is 1.74. The third-order valence-corrected chi connectivity index (χ3v) is 4.16. The Balaban J connectivity index is 1.79. The molecule has 1 saturated heterocycles. The van der Waals surface area contributed by atoms with E-state index in [0.29, 0.717) is 19.4 Å². The van der Waals surface area contributed by atoms with Gasteiger partial charge in [0.05, 0.1) is 13.2 Å². The molecule has 0 saturated carbocycles. The van der Waals surface area contributed by atoms with E-state index in [9.17, 15) is 4.79 Å². The van der Waals surface area contributed by atoms with E-state index in [1.54, 1.807) is 11.3 Å². The number of hydrogen-bond donors (Lipinski definition) is 1. The Kier molecular flexibility index (Phi) is 4.52. The van der Waals surface area contributed by atoms with Crippen molar-refractivity contribution in [2.24, 2.45) is 0 Å². The van der Waals surface area contributed by atoms with Gasteiger partial charge >= 0.3 is 0 Å². The predicted molar refractivity (Wildman–Crippen MR) is 68.0 cm³/mol. The van der Waals surface area contributed by atoms with Crippen molar-refractivity contribution < 1.29 is 9.53 Å². The number of ketones is 1. The van der Waals surface area contributed by atoms with E-state index in [1.165, 1.54) is 0 Å². The lowest BCUT2D eigenvalue weighted by Gasteiger charge is -2.22. The molecule has 0 aromatic carbocycles. The van der Waals surface area contributed by atoms with Crippen molar-refractivity contribution in [3.05, 3.63) is 20.8 Å². The molecule has 1 N–H and O–H groups in total. The zero-order valence-electron chi connectivity index (χ0n) is 8.87. The maximum Gasteiger partial charge on any atom is 0.139 e. The predicted octanol–water partition coefficient (Wildman–Crippen LogP) is 2.00. The molecule has 0 amide bonds. The number of rotatable bonds is 4. The summed E-state index contributed by atoms with van der Waals surface area (Å²) in [6.45, 7) is 2.25. The van der Waals surface area contributed by atoms with E-state index in [2.05, 4.69) is 21.2 Å². The number of Topliss-reactive ketones (excluding diaryl/α,β-unsaturated/α-hetero) is 1. The lowest BCUT2D eigenvalue weighted by Crippen LogP contribution is -2.42. The molecule has 3 nitrogen and oxygen atoms in total. The highest BCUT2D eigenvalue weighted by Gasteiger charge is 2.17. The van der Waals surface area contributed by atoms with Gasteiger partial charge in [-0.3, -0.25) is 4.79 Å². The van der Waals surface area contributed by atoms with Crippen molar-refractivity contribution in [2.45, 2.75) is 18.9 Å². The van der Waals surface area contributed by atoms with Crippen LogP contribution in [0.1, 0.15) is 11.3 Å². The Morgan fingerprint density at radius 2 is 2.56 bits per heavy atom. The van der Waals surface area contributed by atoms with Gasteiger partial charge in [0.15, 0.2) is 0 Å². The van der Waals surface area contributed by atoms with Gasteiger partial charge in [-0.15, -0.1) is 11.3 Å². The van der Waals surface area contributed by atoms with Gasteiger partial charge in [-0.05, 0) is 22.0 Å². The molecule has 2 heterocycles. The number of carbonyl (C=O) groups excluding carboxylic acids is 1. The van der Waals surface area contributed by atoms with Gasteiger partial charge in [-0.2, -0.15) is 0 Å². The second-order valence-electron chi connectivity index (χ2n) is 3.88. The first kappa shape index (κ1) is 12.2. The summed E-state index contributed by atoms with van der Waals surface area (Å²) in [7, 11) is 0. The number of morpholine rings is 1. The maximum absolute atomic E-state index is 11.8. The van der Waals surface area contributed by atoms with Gasteiger partial charge in [-0.25, -0.2) is 0 Å². The molecule has 2 rings (SSSR count). The summed E-state index contributed by atoms with van der Waals surface area (Å²) in [6.07, 6.45) is 1.10. The average Bonchev–Trinajstić information content (AvgIpc) is 2.65. The minimum absolute atomic E-state index is 0.199. The lowest BCUT2D eigenvalue weighted by atomic mass is 10.1. The van der Waals surface area contributed by atoms with Gasteiger partial charge in [0.25, 0.3) is 0 Å². The van der Waals surface area contributed by atoms with Crippen LogP contribution in [0, 0.1) is 0 Å². The van der Waals surface area contributed by atoms with Crippen LogP contribution < -0.4 is 5.32 Å². The average molecular weight is 304 g/mol. The molecule has 1 aromatic heterocycles. The number of hydrogen-bond acceptors (Lipinski definition) is 4. The molecule has 0 spiro atoms. The van der Waals surface area contributed by atoms with Crippen molar-refractivity contribution in [1.29, 1.82) is 0 Å². The smallest absolute Gasteiger partial charge is 0.139 e. The van der Waals surface area contributed by atoms with Crippen LogP contribution in [0.2, 0.25) is 0 Å². The standard InChI is InChI=1S/C11H14BrNO2S/c12-8-3-11(16-7-8)5-10(14)4-9-6-15-2-1-13-9/h3,7,9,13H,1-2,4-6H2. The summed E-state index contributed by atoms with van der Waals surface area (Å²) < 4.78 is 6.37. The number of nitrogens with one attached hydrogen (secondary N) is 1. The first-order chi connectivity index (χ1) is 7.74. The molecule has 1 aliphatic heterocycles. The van der Waals surface area contributed by atoms with Crippen LogP contribution in [0.5, 0.6) is 0 Å². The van der Waals surface area contributed by atoms with Crippen molar-refractivity contribution >= 4 is 33.0 Å². The second-order valence-corrected chi connectivity index (χ2v) is 5.79. The van der Waals surface area contributed by atoms with Gasteiger partial charge in [0, 0.05) is 40.2 Å². The molecule has 1 aliphatic rings. The monoisotopic (exact) mass is 303 g/mol. The van der Waals surface area contributed by atoms with Crippen LogP contribution in [-0.4, -0.2) is 31.6 Å². The Hall–Kier alpha value is -0.230. The molecule has 1 atom stereocenters. The summed E-state index contributed by atoms with van der Waals surface area (Å²) in [4.78, 5) is 12.9. The van der Waals surface area contributed by atoms with Crippen LogP contribution >= 0.6 is 27.3 Å². The third-order valence-electron chi connectivity index (χ3n) is 2.47. The minimum atomic E-state index is 0.199. The van der Waals surface area contributed by atoms with Crippen molar-refractivity contribution in [3.63, 3.8) is 0 Å². The minimum Gasteiger partial charge on any atom is -0.379 e. The molecule has 1 fully saturated rings. The van der Waals surface area contributed by atoms with Crippen LogP contribution in [0.4, 0.5) is 0 Å². The largest absolute Gasteiger partial charge is 0.379 e. The van der Waals surface area contributed by atoms with E-state index in [1.807, 2.05) is 11.4 Å². The third kappa shape index (κ3) is 3.66. The highest BCUT2D eigenvalue weighted by Crippen LogP contribution is 2.20. The molecule has 0 aliphatic carbocycles. The summed E-state index contributed by atoms with van der Waals surface area (Å²) in [5, 5.41) is 5.29. The molecule has 16 heavy (non-hydrogen) atoms. The van der Waals surface area contributed by atoms with Crippen molar-refractivity contribution in [2.75, 3.05) is 19.8 Å². The normalized spacial score (nSPS) is 20.9. The van der Waals surface area contributed by atoms with Crippen LogP contribution in [0.25, 0.3) is 0 Å². The summed E-state index contributed by atoms with van der Waals surface area (Å²) in [5.41, 5.74) is 0. The quantitative estimate of drug-likeness (QED) is 0.924. The Morgan fingerprint density at radius 3 is 3.19 bits per heavy atom. The van der Waals surface area contributed by atoms with Crippen LogP contribution in [-0.2, 0) is 16.0 Å². The molecule has 0 radical (unpaired) electrons. The van der Waals surface area contributed by atoms with E-state index in [-0.39, 0.29) is 11.8 Å². The van der Waals surface area contributed by atoms with Crippen molar-refractivity contribution in [3.8, 4) is 0 Å². The second kappa shape index (κ2) is 5.91. The zero-order valence-corrected chi connectivity index (χ0v) is 11.3. The SMILES string of the molecule is O=C(Cc1cc(Br)cs1)CC1COCCN1. The fraction of sp³-hybridized carbons (Fsp3) is 0.545. The van der Waals surface area contributed by atoms with Gasteiger partial charge < -0.3 is 10.1 Å². The molecule has 1 unspecified atom stereocenters. The molecular weight excluding hydrogens is 290 g/mol. The summed E-state index contributed by atoms with van der Waals surface area (Å²) in [6, 6.07) is 2.21. The Bertz CT molecular complexity index is 361. The van der Waals surface area contributed by atoms with Gasteiger partial charge in [0.1, 0.15) is 5.78 Å². The van der Waals surface area contributed by atoms with Crippen LogP contribution in [0.15, 0.2) is 15.9 Å². The Labute approximate surface area is 107 Å².